The van der Waals surface area contributed by atoms with Crippen molar-refractivity contribution in [2.45, 2.75) is 6.18 Å². The largest absolute Gasteiger partial charge is 0.495 e. The van der Waals surface area contributed by atoms with E-state index in [9.17, 15) is 13.2 Å². The highest BCUT2D eigenvalue weighted by molar-refractivity contribution is 6.32. The van der Waals surface area contributed by atoms with Crippen molar-refractivity contribution >= 4 is 28.7 Å². The van der Waals surface area contributed by atoms with E-state index in [1.165, 1.54) is 7.11 Å². The van der Waals surface area contributed by atoms with Crippen molar-refractivity contribution in [3.05, 3.63) is 41.2 Å². The van der Waals surface area contributed by atoms with Gasteiger partial charge in [0.05, 0.1) is 29.7 Å². The van der Waals surface area contributed by atoms with E-state index in [-0.39, 0.29) is 11.4 Å². The van der Waals surface area contributed by atoms with Gasteiger partial charge in [-0.1, -0.05) is 11.6 Å². The number of nitrogens with zero attached hydrogens (tertiary/aromatic N) is 1. The zero-order valence-corrected chi connectivity index (χ0v) is 11.6. The molecule has 0 saturated carbocycles. The van der Waals surface area contributed by atoms with Gasteiger partial charge in [-0.3, -0.25) is 0 Å². The Bertz CT molecular complexity index is 662. The third kappa shape index (κ3) is 3.49. The third-order valence-corrected chi connectivity index (χ3v) is 2.97. The third-order valence-electron chi connectivity index (χ3n) is 2.66. The van der Waals surface area contributed by atoms with E-state index in [2.05, 4.69) is 10.3 Å². The summed E-state index contributed by atoms with van der Waals surface area (Å²) >= 11 is 5.88. The summed E-state index contributed by atoms with van der Waals surface area (Å²) in [7, 11) is 1.44. The van der Waals surface area contributed by atoms with Crippen molar-refractivity contribution in [3.63, 3.8) is 0 Å². The first-order valence-electron chi connectivity index (χ1n) is 5.74. The lowest BCUT2D eigenvalue weighted by Crippen LogP contribution is -2.09. The molecule has 21 heavy (non-hydrogen) atoms. The van der Waals surface area contributed by atoms with Gasteiger partial charge < -0.3 is 15.8 Å². The van der Waals surface area contributed by atoms with Gasteiger partial charge in [0.1, 0.15) is 11.4 Å². The van der Waals surface area contributed by atoms with Crippen molar-refractivity contribution in [2.24, 2.45) is 0 Å². The summed E-state index contributed by atoms with van der Waals surface area (Å²) in [5.74, 6) is 0.394. The standard InChI is InChI=1S/C13H11ClF3N3O/c1-21-11-4-7(2-3-8(11)14)20-10-5-12(13(15,16)17)19-6-9(10)18/h2-6H,18H2,1H3,(H,19,20). The van der Waals surface area contributed by atoms with E-state index in [1.807, 2.05) is 0 Å². The SMILES string of the molecule is COc1cc(Nc2cc(C(F)(F)F)ncc2N)ccc1Cl. The molecule has 0 bridgehead atoms. The van der Waals surface area contributed by atoms with Crippen molar-refractivity contribution in [1.29, 1.82) is 0 Å². The number of rotatable bonds is 3. The van der Waals surface area contributed by atoms with Gasteiger partial charge in [-0.05, 0) is 18.2 Å². The first-order chi connectivity index (χ1) is 9.81. The van der Waals surface area contributed by atoms with Crippen LogP contribution in [-0.2, 0) is 6.18 Å². The van der Waals surface area contributed by atoms with Crippen LogP contribution in [0.5, 0.6) is 5.75 Å². The number of hydrogen-bond acceptors (Lipinski definition) is 4. The summed E-state index contributed by atoms with van der Waals surface area (Å²) in [5, 5.41) is 3.17. The van der Waals surface area contributed by atoms with Crippen LogP contribution < -0.4 is 15.8 Å². The van der Waals surface area contributed by atoms with E-state index in [0.29, 0.717) is 16.5 Å². The number of anilines is 3. The van der Waals surface area contributed by atoms with Crippen LogP contribution in [0.25, 0.3) is 0 Å². The number of pyridine rings is 1. The number of nitrogens with two attached hydrogens (primary N) is 1. The molecule has 8 heteroatoms. The first-order valence-corrected chi connectivity index (χ1v) is 6.12. The number of nitrogen functional groups attached to an aromatic ring is 1. The average molecular weight is 318 g/mol. The Balaban J connectivity index is 2.35. The van der Waals surface area contributed by atoms with Gasteiger partial charge in [-0.25, -0.2) is 4.98 Å². The maximum atomic E-state index is 12.6. The molecule has 0 amide bonds. The normalized spacial score (nSPS) is 11.3. The van der Waals surface area contributed by atoms with E-state index in [1.54, 1.807) is 18.2 Å². The van der Waals surface area contributed by atoms with Crippen LogP contribution >= 0.6 is 11.6 Å². The van der Waals surface area contributed by atoms with E-state index in [0.717, 1.165) is 12.3 Å². The summed E-state index contributed by atoms with van der Waals surface area (Å²) < 4.78 is 43.0. The molecular weight excluding hydrogens is 307 g/mol. The molecule has 112 valence electrons. The number of methoxy groups -OCH3 is 1. The van der Waals surface area contributed by atoms with Crippen LogP contribution in [0, 0.1) is 0 Å². The van der Waals surface area contributed by atoms with Crippen LogP contribution in [0.4, 0.5) is 30.2 Å². The molecule has 0 aliphatic heterocycles. The van der Waals surface area contributed by atoms with Gasteiger partial charge in [0.25, 0.3) is 0 Å². The van der Waals surface area contributed by atoms with Gasteiger partial charge in [0, 0.05) is 11.8 Å². The molecule has 3 N–H and O–H groups in total. The molecule has 2 aromatic rings. The fraction of sp³-hybridized carbons (Fsp3) is 0.154. The molecule has 1 aromatic carbocycles. The first kappa shape index (κ1) is 15.2. The Morgan fingerprint density at radius 3 is 2.62 bits per heavy atom. The van der Waals surface area contributed by atoms with Gasteiger partial charge in [0.2, 0.25) is 0 Å². The number of ether oxygens (including phenoxy) is 1. The average Bonchev–Trinajstić information content (AvgIpc) is 2.42. The monoisotopic (exact) mass is 317 g/mol. The van der Waals surface area contributed by atoms with Crippen LogP contribution in [0.3, 0.4) is 0 Å². The fourth-order valence-corrected chi connectivity index (χ4v) is 1.82. The molecule has 4 nitrogen and oxygen atoms in total. The Labute approximate surface area is 123 Å². The number of aromatic nitrogens is 1. The molecule has 0 atom stereocenters. The molecule has 0 fully saturated rings. The van der Waals surface area contributed by atoms with E-state index in [4.69, 9.17) is 22.1 Å². The van der Waals surface area contributed by atoms with Gasteiger partial charge in [-0.15, -0.1) is 0 Å². The van der Waals surface area contributed by atoms with Crippen LogP contribution in [-0.4, -0.2) is 12.1 Å². The highest BCUT2D eigenvalue weighted by atomic mass is 35.5. The predicted molar refractivity (Wildman–Crippen MR) is 74.9 cm³/mol. The Hall–Kier alpha value is -2.15. The molecule has 1 heterocycles. The van der Waals surface area contributed by atoms with Gasteiger partial charge in [-0.2, -0.15) is 13.2 Å². The molecule has 0 spiro atoms. The number of halogens is 4. The quantitative estimate of drug-likeness (QED) is 0.895. The van der Waals surface area contributed by atoms with Crippen LogP contribution in [0.1, 0.15) is 5.69 Å². The summed E-state index contributed by atoms with van der Waals surface area (Å²) in [5.41, 5.74) is 5.29. The molecule has 0 aliphatic carbocycles. The summed E-state index contributed by atoms with van der Waals surface area (Å²) in [6.45, 7) is 0. The van der Waals surface area contributed by atoms with Gasteiger partial charge in [0.15, 0.2) is 0 Å². The zero-order valence-electron chi connectivity index (χ0n) is 10.8. The maximum Gasteiger partial charge on any atom is 0.433 e. The summed E-state index contributed by atoms with van der Waals surface area (Å²) in [6, 6.07) is 5.55. The molecule has 1 aromatic heterocycles. The van der Waals surface area contributed by atoms with Crippen molar-refractivity contribution < 1.29 is 17.9 Å². The number of hydrogen-bond donors (Lipinski definition) is 2. The van der Waals surface area contributed by atoms with Crippen molar-refractivity contribution in [2.75, 3.05) is 18.2 Å². The minimum absolute atomic E-state index is 0.0944. The number of alkyl halides is 3. The minimum atomic E-state index is -4.54. The topological polar surface area (TPSA) is 60.2 Å². The van der Waals surface area contributed by atoms with Crippen LogP contribution in [0.2, 0.25) is 5.02 Å². The second-order valence-electron chi connectivity index (χ2n) is 4.13. The molecule has 0 aliphatic rings. The Morgan fingerprint density at radius 2 is 2.00 bits per heavy atom. The van der Waals surface area contributed by atoms with Gasteiger partial charge >= 0.3 is 6.18 Å². The lowest BCUT2D eigenvalue weighted by molar-refractivity contribution is -0.141. The van der Waals surface area contributed by atoms with E-state index >= 15 is 0 Å². The molecule has 0 radical (unpaired) electrons. The Morgan fingerprint density at radius 1 is 1.29 bits per heavy atom. The predicted octanol–water partition coefficient (Wildman–Crippen LogP) is 4.09. The highest BCUT2D eigenvalue weighted by Gasteiger charge is 2.33. The van der Waals surface area contributed by atoms with E-state index < -0.39 is 11.9 Å². The second kappa shape index (κ2) is 5.69. The second-order valence-corrected chi connectivity index (χ2v) is 4.54. The lowest BCUT2D eigenvalue weighted by atomic mass is 10.2. The number of nitrogens with one attached hydrogen (secondary N) is 1. The molecular formula is C13H11ClF3N3O. The van der Waals surface area contributed by atoms with Crippen molar-refractivity contribution in [1.82, 2.24) is 4.98 Å². The summed E-state index contributed by atoms with van der Waals surface area (Å²) in [6.07, 6.45) is -3.58. The molecule has 2 rings (SSSR count). The van der Waals surface area contributed by atoms with Crippen LogP contribution in [0.15, 0.2) is 30.5 Å². The lowest BCUT2D eigenvalue weighted by Gasteiger charge is -2.13. The maximum absolute atomic E-state index is 12.6. The van der Waals surface area contributed by atoms with Crippen molar-refractivity contribution in [3.8, 4) is 5.75 Å². The fourth-order valence-electron chi connectivity index (χ4n) is 1.62. The summed E-state index contributed by atoms with van der Waals surface area (Å²) in [4.78, 5) is 3.26. The smallest absolute Gasteiger partial charge is 0.433 e. The Kier molecular flexibility index (Phi) is 4.13. The molecule has 0 saturated heterocycles. The molecule has 0 unspecified atom stereocenters. The number of benzene rings is 1. The minimum Gasteiger partial charge on any atom is -0.495 e. The highest BCUT2D eigenvalue weighted by Crippen LogP contribution is 2.34. The zero-order chi connectivity index (χ0) is 15.6.